The van der Waals surface area contributed by atoms with Crippen molar-refractivity contribution in [1.29, 1.82) is 0 Å². The monoisotopic (exact) mass is 1470 g/mol. The van der Waals surface area contributed by atoms with Crippen LogP contribution in [0.25, 0.3) is 0 Å². The van der Waals surface area contributed by atoms with E-state index in [9.17, 15) is 123 Å². The molecule has 0 aromatic rings. The highest BCUT2D eigenvalue weighted by molar-refractivity contribution is 4.98. The molecule has 11 aliphatic rings. The highest BCUT2D eigenvalue weighted by Gasteiger charge is 2.57. The van der Waals surface area contributed by atoms with Gasteiger partial charge in [0.15, 0.2) is 69.2 Å². The summed E-state index contributed by atoms with van der Waals surface area (Å²) in [6.07, 6.45) is -74.9. The van der Waals surface area contributed by atoms with E-state index in [0.717, 1.165) is 0 Å². The fourth-order valence-electron chi connectivity index (χ4n) is 12.8. The molecule has 0 spiro atoms. The van der Waals surface area contributed by atoms with Gasteiger partial charge < -0.3 is 222 Å². The fourth-order valence-corrected chi connectivity index (χ4v) is 12.8. The summed E-state index contributed by atoms with van der Waals surface area (Å²) in [5.41, 5.74) is 0. The summed E-state index contributed by atoms with van der Waals surface area (Å²) in [6, 6.07) is 0. The highest BCUT2D eigenvalue weighted by atomic mass is 16.8. The van der Waals surface area contributed by atoms with E-state index < -0.39 is 343 Å². The van der Waals surface area contributed by atoms with E-state index in [-0.39, 0.29) is 0 Å². The van der Waals surface area contributed by atoms with Gasteiger partial charge in [0, 0.05) is 0 Å². The van der Waals surface area contributed by atoms with Crippen molar-refractivity contribution in [1.82, 2.24) is 0 Å². The molecule has 44 atom stereocenters. The molecule has 0 amide bonds. The number of aliphatic hydroxyl groups is 24. The van der Waals surface area contributed by atoms with Crippen molar-refractivity contribution in [2.24, 2.45) is 0 Å². The van der Waals surface area contributed by atoms with Crippen LogP contribution in [0.1, 0.15) is 0 Å². The number of aliphatic hydroxyl groups excluding tert-OH is 24. The summed E-state index contributed by atoms with van der Waals surface area (Å²) in [6.45, 7) is -6.49. The fraction of sp³-hybridized carbons (Fsp3) is 1.00. The molecular weight excluding hydrogens is 1380 g/mol. The first-order valence-electron chi connectivity index (χ1n) is 32.2. The normalized spacial score (nSPS) is 54.5. The van der Waals surface area contributed by atoms with E-state index in [2.05, 4.69) is 0 Å². The first-order valence-corrected chi connectivity index (χ1v) is 32.2. The zero-order valence-electron chi connectivity index (χ0n) is 52.5. The number of hydrogen-bond donors (Lipinski definition) is 24. The van der Waals surface area contributed by atoms with Crippen LogP contribution in [0.15, 0.2) is 0 Å². The molecule has 11 unspecified atom stereocenters. The molecule has 580 valence electrons. The Morgan fingerprint density at radius 1 is 0.200 bits per heavy atom. The molecule has 100 heavy (non-hydrogen) atoms. The lowest BCUT2D eigenvalue weighted by molar-refractivity contribution is -0.373. The van der Waals surface area contributed by atoms with Gasteiger partial charge in [-0.1, -0.05) is 0 Å². The van der Waals surface area contributed by atoms with Crippen molar-refractivity contribution in [3.8, 4) is 0 Å². The molecule has 45 heteroatoms. The summed E-state index contributed by atoms with van der Waals surface area (Å²) in [7, 11) is 0. The maximum atomic E-state index is 11.3. The Morgan fingerprint density at radius 2 is 0.410 bits per heavy atom. The third kappa shape index (κ3) is 16.9. The maximum Gasteiger partial charge on any atom is 0.187 e. The van der Waals surface area contributed by atoms with Crippen LogP contribution in [0.2, 0.25) is 0 Å². The van der Waals surface area contributed by atoms with Crippen molar-refractivity contribution in [2.45, 2.75) is 271 Å². The van der Waals surface area contributed by atoms with Crippen LogP contribution in [0.5, 0.6) is 0 Å². The molecule has 45 nitrogen and oxygen atoms in total. The van der Waals surface area contributed by atoms with Crippen LogP contribution in [0.4, 0.5) is 0 Å². The minimum absolute atomic E-state index is 0.404. The van der Waals surface area contributed by atoms with Crippen molar-refractivity contribution < 1.29 is 222 Å². The van der Waals surface area contributed by atoms with Crippen molar-refractivity contribution in [3.63, 3.8) is 0 Å². The molecule has 11 heterocycles. The zero-order valence-corrected chi connectivity index (χ0v) is 52.5. The van der Waals surface area contributed by atoms with Crippen LogP contribution in [-0.4, -0.2) is 466 Å². The average molecular weight is 1470 g/mol. The van der Waals surface area contributed by atoms with E-state index in [1.165, 1.54) is 0 Å². The van der Waals surface area contributed by atoms with E-state index >= 15 is 0 Å². The quantitative estimate of drug-likeness (QED) is 0.0479. The molecule has 11 rings (SSSR count). The molecule has 0 aliphatic carbocycles. The lowest BCUT2D eigenvalue weighted by Gasteiger charge is -2.46. The number of hydrogen-bond acceptors (Lipinski definition) is 45. The number of rotatable bonds is 22. The summed E-state index contributed by atoms with van der Waals surface area (Å²) in [4.78, 5) is 0. The Hall–Kier alpha value is -1.80. The van der Waals surface area contributed by atoms with Gasteiger partial charge in [-0.05, 0) is 0 Å². The molecule has 0 aromatic carbocycles. The third-order valence-corrected chi connectivity index (χ3v) is 18.9. The second kappa shape index (κ2) is 34.2. The summed E-state index contributed by atoms with van der Waals surface area (Å²) in [5, 5.41) is 257. The maximum absolute atomic E-state index is 11.3. The first-order chi connectivity index (χ1) is 47.6. The Bertz CT molecular complexity index is 2510. The van der Waals surface area contributed by atoms with Crippen LogP contribution >= 0.6 is 0 Å². The summed E-state index contributed by atoms with van der Waals surface area (Å²) in [5.74, 6) is 0. The Kier molecular flexibility index (Phi) is 27.1. The molecule has 0 bridgehead atoms. The largest absolute Gasteiger partial charge is 0.394 e. The van der Waals surface area contributed by atoms with Gasteiger partial charge in [0.05, 0.1) is 72.7 Å². The Balaban J connectivity index is 0.593. The van der Waals surface area contributed by atoms with Gasteiger partial charge in [-0.25, -0.2) is 0 Å². The predicted octanol–water partition coefficient (Wildman–Crippen LogP) is -17.9. The molecular formula is C55H90O45. The minimum Gasteiger partial charge on any atom is -0.394 e. The topological polar surface area (TPSA) is 679 Å². The standard InChI is InChI=1S/C55H90O45/c56-1-13-23(59)41(77)53(89-13)99-43-12(58)3-81-55(44(43)100-54-42(78)24(60)14(2-57)90-54)98-22-11-88-52(40(76)32(22)68)97-21-10-87-51(39(75)31(21)67)96-20-9-86-50(38(74)30(20)66)95-19-8-85-49(37(73)29(19)65)94-18-7-84-48(36(72)28(18)64)93-17-6-83-47(35(71)27(17)63)92-16-5-82-46(34(70)26(16)62)91-15-4-80-45(79)33(69)25(15)61/h12-79H,1-11H2/t12-,13+,14+,15-,16-,17-,18-,19-,20-,21-,22-,23-,24-,25+,26+,27+,28+,29+,30+,31+,32+,33?,34?,35?,36?,37?,38?,39?,40?,41?,42?,43+,44?,45-,46+,47-,48-,49-,50-,51-,52-,53+,54+,55+/m1/s1. The van der Waals surface area contributed by atoms with Crippen molar-refractivity contribution in [3.05, 3.63) is 0 Å². The molecule has 0 aromatic heterocycles. The van der Waals surface area contributed by atoms with Crippen molar-refractivity contribution >= 4 is 0 Å². The molecule has 0 radical (unpaired) electrons. The lowest BCUT2D eigenvalue weighted by atomic mass is 10.0. The van der Waals surface area contributed by atoms with Gasteiger partial charge in [-0.2, -0.15) is 0 Å². The molecule has 11 aliphatic heterocycles. The van der Waals surface area contributed by atoms with Gasteiger partial charge in [-0.15, -0.1) is 0 Å². The second-order valence-electron chi connectivity index (χ2n) is 25.8. The minimum atomic E-state index is -2.00. The predicted molar refractivity (Wildman–Crippen MR) is 296 cm³/mol. The first kappa shape index (κ1) is 79.2. The van der Waals surface area contributed by atoms with E-state index in [1.807, 2.05) is 0 Å². The van der Waals surface area contributed by atoms with Crippen LogP contribution in [0.3, 0.4) is 0 Å². The zero-order chi connectivity index (χ0) is 72.0. The van der Waals surface area contributed by atoms with E-state index in [4.69, 9.17) is 99.5 Å². The third-order valence-electron chi connectivity index (χ3n) is 18.9. The molecule has 0 saturated carbocycles. The molecule has 11 fully saturated rings. The second-order valence-corrected chi connectivity index (χ2v) is 25.8. The number of ether oxygens (including phenoxy) is 21. The van der Waals surface area contributed by atoms with E-state index in [0.29, 0.717) is 0 Å². The smallest absolute Gasteiger partial charge is 0.187 e. The summed E-state index contributed by atoms with van der Waals surface area (Å²) < 4.78 is 117. The lowest BCUT2D eigenvalue weighted by Crippen LogP contribution is -2.64. The van der Waals surface area contributed by atoms with Gasteiger partial charge >= 0.3 is 0 Å². The SMILES string of the molecule is OC[C@@H]1O[C@@H](OC2[C@H](O[C@@H]3CO[C@H](O[C@@H]4CO[C@H](O[C@@H]5CO[C@H](O[C@@H]6CO[C@H](O[C@@H]7CO[C@H](O[C@@H]8CO[C@H](O[C@@H]9CO[C@@H](O[C@@H]%10CO[C@@H](O)C(O)[C@H]%10O)C(O)[C@H]9O)C(O)[C@H]8O)C(O)[C@H]7O)C(O)[C@H]6O)C(O)[C@H]5O)C(O)[C@H]4O)C(O)[C@H]3O)OC[C@@H](O)[C@@H]2O[C@@H]2O[C@@H](CO)[C@@H](O)C2O)C(O)[C@@H]1O. The Morgan fingerprint density at radius 3 is 0.660 bits per heavy atom. The molecule has 11 saturated heterocycles. The van der Waals surface area contributed by atoms with Crippen LogP contribution in [-0.2, 0) is 99.5 Å². The van der Waals surface area contributed by atoms with Gasteiger partial charge in [0.2, 0.25) is 0 Å². The summed E-state index contributed by atoms with van der Waals surface area (Å²) >= 11 is 0. The van der Waals surface area contributed by atoms with Crippen molar-refractivity contribution in [2.75, 3.05) is 72.7 Å². The average Bonchev–Trinajstić information content (AvgIpc) is 1.11. The molecule has 24 N–H and O–H groups in total. The van der Waals surface area contributed by atoms with Gasteiger partial charge in [0.1, 0.15) is 201 Å². The van der Waals surface area contributed by atoms with Gasteiger partial charge in [-0.3, -0.25) is 0 Å². The highest BCUT2D eigenvalue weighted by Crippen LogP contribution is 2.37. The van der Waals surface area contributed by atoms with Gasteiger partial charge in [0.25, 0.3) is 0 Å². The Labute approximate surface area is 564 Å². The van der Waals surface area contributed by atoms with Crippen LogP contribution < -0.4 is 0 Å². The van der Waals surface area contributed by atoms with Crippen LogP contribution in [0, 0.1) is 0 Å². The van der Waals surface area contributed by atoms with E-state index in [1.54, 1.807) is 0 Å².